The molecule has 0 saturated carbocycles. The van der Waals surface area contributed by atoms with E-state index in [0.29, 0.717) is 16.3 Å². The Morgan fingerprint density at radius 2 is 1.69 bits per heavy atom. The number of halogens is 2. The molecule has 0 aliphatic carbocycles. The van der Waals surface area contributed by atoms with E-state index in [1.165, 1.54) is 12.3 Å². The Morgan fingerprint density at radius 3 is 2.40 bits per heavy atom. The van der Waals surface area contributed by atoms with Crippen molar-refractivity contribution in [2.75, 3.05) is 11.9 Å². The fraction of sp³-hybridized carbons (Fsp3) is 0.120. The van der Waals surface area contributed by atoms with E-state index in [1.807, 2.05) is 31.2 Å². The van der Waals surface area contributed by atoms with E-state index in [4.69, 9.17) is 27.9 Å². The third-order valence-electron chi connectivity index (χ3n) is 4.62. The van der Waals surface area contributed by atoms with Crippen LogP contribution in [0.4, 0.5) is 5.69 Å². The molecule has 3 rings (SSSR count). The number of benzene rings is 3. The van der Waals surface area contributed by atoms with Gasteiger partial charge in [0.2, 0.25) is 0 Å². The maximum atomic E-state index is 12.1. The van der Waals surface area contributed by atoms with Gasteiger partial charge in [0, 0.05) is 6.54 Å². The summed E-state index contributed by atoms with van der Waals surface area (Å²) in [4.78, 5) is 35.9. The molecule has 3 N–H and O–H groups in total. The number of carbonyl (C=O) groups excluding carboxylic acids is 3. The second-order valence-corrected chi connectivity index (χ2v) is 8.19. The van der Waals surface area contributed by atoms with Gasteiger partial charge in [-0.15, -0.1) is 0 Å². The van der Waals surface area contributed by atoms with E-state index in [-0.39, 0.29) is 23.9 Å². The highest BCUT2D eigenvalue weighted by Crippen LogP contribution is 2.25. The number of carbonyl (C=O) groups is 3. The summed E-state index contributed by atoms with van der Waals surface area (Å²) >= 11 is 12.2. The van der Waals surface area contributed by atoms with Crippen LogP contribution in [0.2, 0.25) is 10.0 Å². The van der Waals surface area contributed by atoms with Crippen LogP contribution in [-0.2, 0) is 20.9 Å². The molecule has 0 saturated heterocycles. The molecule has 3 aromatic rings. The molecule has 0 spiro atoms. The molecule has 35 heavy (non-hydrogen) atoms. The molecule has 3 aromatic carbocycles. The molecule has 0 aliphatic heterocycles. The van der Waals surface area contributed by atoms with Crippen LogP contribution in [0.25, 0.3) is 0 Å². The third-order valence-corrected chi connectivity index (χ3v) is 5.25. The monoisotopic (exact) mass is 512 g/mol. The second-order valence-electron chi connectivity index (χ2n) is 7.37. The van der Waals surface area contributed by atoms with E-state index in [1.54, 1.807) is 36.4 Å². The summed E-state index contributed by atoms with van der Waals surface area (Å²) in [5.74, 6) is -1.82. The number of hydrogen-bond donors (Lipinski definition) is 3. The number of amides is 3. The van der Waals surface area contributed by atoms with E-state index >= 15 is 0 Å². The maximum Gasteiger partial charge on any atom is 0.329 e. The minimum atomic E-state index is -0.899. The molecule has 180 valence electrons. The lowest BCUT2D eigenvalue weighted by molar-refractivity contribution is -0.139. The minimum Gasteiger partial charge on any atom is -0.482 e. The van der Waals surface area contributed by atoms with Crippen molar-refractivity contribution in [2.45, 2.75) is 13.5 Å². The number of aryl methyl sites for hydroxylation is 1. The summed E-state index contributed by atoms with van der Waals surface area (Å²) in [6.07, 6.45) is 1.32. The van der Waals surface area contributed by atoms with Gasteiger partial charge in [-0.1, -0.05) is 65.2 Å². The third kappa shape index (κ3) is 8.13. The van der Waals surface area contributed by atoms with Crippen molar-refractivity contribution in [3.63, 3.8) is 0 Å². The predicted molar refractivity (Wildman–Crippen MR) is 136 cm³/mol. The molecule has 0 fully saturated rings. The molecule has 0 radical (unpaired) electrons. The highest BCUT2D eigenvalue weighted by Gasteiger charge is 2.12. The lowest BCUT2D eigenvalue weighted by Crippen LogP contribution is -2.37. The number of hydrogen-bond acceptors (Lipinski definition) is 5. The fourth-order valence-corrected chi connectivity index (χ4v) is 3.22. The Hall–Kier alpha value is -3.88. The van der Waals surface area contributed by atoms with Crippen LogP contribution in [0.15, 0.2) is 71.8 Å². The molecule has 0 aromatic heterocycles. The number of anilines is 1. The summed E-state index contributed by atoms with van der Waals surface area (Å²) in [5.41, 5.74) is 5.16. The van der Waals surface area contributed by atoms with Gasteiger partial charge in [-0.2, -0.15) is 5.10 Å². The van der Waals surface area contributed by atoms with E-state index < -0.39 is 17.7 Å². The Balaban J connectivity index is 1.45. The van der Waals surface area contributed by atoms with Gasteiger partial charge in [-0.25, -0.2) is 5.43 Å². The van der Waals surface area contributed by atoms with Crippen LogP contribution in [0, 0.1) is 6.92 Å². The van der Waals surface area contributed by atoms with Gasteiger partial charge in [0.25, 0.3) is 5.91 Å². The van der Waals surface area contributed by atoms with Crippen molar-refractivity contribution in [3.05, 3.63) is 93.5 Å². The lowest BCUT2D eigenvalue weighted by atomic mass is 10.1. The van der Waals surface area contributed by atoms with E-state index in [2.05, 4.69) is 21.2 Å². The number of hydrazone groups is 1. The maximum absolute atomic E-state index is 12.1. The van der Waals surface area contributed by atoms with Crippen molar-refractivity contribution in [1.82, 2.24) is 10.7 Å². The van der Waals surface area contributed by atoms with Gasteiger partial charge in [0.05, 0.1) is 21.9 Å². The quantitative estimate of drug-likeness (QED) is 0.240. The van der Waals surface area contributed by atoms with Crippen molar-refractivity contribution < 1.29 is 19.1 Å². The average molecular weight is 513 g/mol. The standard InChI is InChI=1S/C25H22Cl2N4O4/c1-16-6-8-17(9-7-16)13-28-24(33)25(34)31-29-14-18-10-11-22(20(27)12-18)35-15-23(32)30-21-5-3-2-4-19(21)26/h2-12,14H,13,15H2,1H3,(H,28,33)(H,30,32)(H,31,34)/b29-14-. The summed E-state index contributed by atoms with van der Waals surface area (Å²) in [7, 11) is 0. The Morgan fingerprint density at radius 1 is 0.943 bits per heavy atom. The first-order chi connectivity index (χ1) is 16.8. The first kappa shape index (κ1) is 25.7. The largest absolute Gasteiger partial charge is 0.482 e. The number of rotatable bonds is 8. The normalized spacial score (nSPS) is 10.6. The number of ether oxygens (including phenoxy) is 1. The number of nitrogens with one attached hydrogen (secondary N) is 3. The molecule has 8 nitrogen and oxygen atoms in total. The molecule has 0 heterocycles. The first-order valence-electron chi connectivity index (χ1n) is 10.5. The van der Waals surface area contributed by atoms with Crippen LogP contribution in [0.3, 0.4) is 0 Å². The molecular weight excluding hydrogens is 491 g/mol. The van der Waals surface area contributed by atoms with Crippen molar-refractivity contribution in [2.24, 2.45) is 5.10 Å². The summed E-state index contributed by atoms with van der Waals surface area (Å²) in [6.45, 7) is 1.92. The van der Waals surface area contributed by atoms with Crippen LogP contribution in [-0.4, -0.2) is 30.5 Å². The van der Waals surface area contributed by atoms with Gasteiger partial charge < -0.3 is 15.4 Å². The first-order valence-corrected chi connectivity index (χ1v) is 11.2. The SMILES string of the molecule is Cc1ccc(CNC(=O)C(=O)N/N=C\c2ccc(OCC(=O)Nc3ccccc3Cl)c(Cl)c2)cc1. The predicted octanol–water partition coefficient (Wildman–Crippen LogP) is 4.09. The van der Waals surface area contributed by atoms with Crippen LogP contribution < -0.4 is 20.8 Å². The van der Waals surface area contributed by atoms with Gasteiger partial charge in [0.1, 0.15) is 5.75 Å². The summed E-state index contributed by atoms with van der Waals surface area (Å²) < 4.78 is 5.46. The summed E-state index contributed by atoms with van der Waals surface area (Å²) in [5, 5.41) is 9.59. The second kappa shape index (κ2) is 12.5. The summed E-state index contributed by atoms with van der Waals surface area (Å²) in [6, 6.07) is 19.1. The Kier molecular flexibility index (Phi) is 9.23. The smallest absolute Gasteiger partial charge is 0.329 e. The van der Waals surface area contributed by atoms with Crippen molar-refractivity contribution in [3.8, 4) is 5.75 Å². The average Bonchev–Trinajstić information content (AvgIpc) is 2.84. The van der Waals surface area contributed by atoms with Crippen LogP contribution in [0.5, 0.6) is 5.75 Å². The van der Waals surface area contributed by atoms with Crippen LogP contribution >= 0.6 is 23.2 Å². The van der Waals surface area contributed by atoms with E-state index in [0.717, 1.165) is 11.1 Å². The Labute approximate surface area is 212 Å². The zero-order valence-electron chi connectivity index (χ0n) is 18.7. The molecular formula is C25H22Cl2N4O4. The van der Waals surface area contributed by atoms with Crippen molar-refractivity contribution >= 4 is 52.8 Å². The van der Waals surface area contributed by atoms with E-state index in [9.17, 15) is 14.4 Å². The van der Waals surface area contributed by atoms with Gasteiger partial charge in [-0.05, 0) is 48.4 Å². The molecule has 0 bridgehead atoms. The van der Waals surface area contributed by atoms with Crippen molar-refractivity contribution in [1.29, 1.82) is 0 Å². The van der Waals surface area contributed by atoms with Crippen LogP contribution in [0.1, 0.15) is 16.7 Å². The van der Waals surface area contributed by atoms with Gasteiger partial charge >= 0.3 is 11.8 Å². The lowest BCUT2D eigenvalue weighted by Gasteiger charge is -2.10. The number of nitrogens with zero attached hydrogens (tertiary/aromatic N) is 1. The van der Waals surface area contributed by atoms with Gasteiger partial charge in [-0.3, -0.25) is 14.4 Å². The highest BCUT2D eigenvalue weighted by atomic mass is 35.5. The molecule has 0 atom stereocenters. The topological polar surface area (TPSA) is 109 Å². The number of para-hydroxylation sites is 1. The molecule has 3 amide bonds. The fourth-order valence-electron chi connectivity index (χ4n) is 2.79. The van der Waals surface area contributed by atoms with Gasteiger partial charge in [0.15, 0.2) is 6.61 Å². The molecule has 10 heteroatoms. The highest BCUT2D eigenvalue weighted by molar-refractivity contribution is 6.35. The minimum absolute atomic E-state index is 0.226. The molecule has 0 unspecified atom stereocenters. The molecule has 0 aliphatic rings. The zero-order valence-corrected chi connectivity index (χ0v) is 20.2. The Bertz CT molecular complexity index is 1250. The zero-order chi connectivity index (χ0) is 25.2.